The van der Waals surface area contributed by atoms with Crippen LogP contribution in [-0.2, 0) is 0 Å². The number of hydrogen-bond acceptors (Lipinski definition) is 0. The minimum Gasteiger partial charge on any atom is -0.216 e. The van der Waals surface area contributed by atoms with Gasteiger partial charge in [0.2, 0.25) is 0 Å². The van der Waals surface area contributed by atoms with Crippen LogP contribution in [0.4, 0.5) is 4.39 Å². The molecule has 0 aliphatic heterocycles. The summed E-state index contributed by atoms with van der Waals surface area (Å²) < 4.78 is 23.6. The van der Waals surface area contributed by atoms with Crippen LogP contribution in [0.2, 0.25) is 0 Å². The first-order valence-electron chi connectivity index (χ1n) is 1.94. The van der Waals surface area contributed by atoms with Crippen LogP contribution in [0.1, 0.15) is 9.67 Å². The van der Waals surface area contributed by atoms with Crippen LogP contribution in [0.3, 0.4) is 0 Å². The fourth-order valence-electron chi connectivity index (χ4n) is 0. The fraction of sp³-hybridized carbons (Fsp3) is 0.333. The highest BCUT2D eigenvalue weighted by atomic mass is 19.1. The van der Waals surface area contributed by atoms with Gasteiger partial charge in [0, 0.05) is 0 Å². The third kappa shape index (κ3) is 1.67. The van der Waals surface area contributed by atoms with Crippen molar-refractivity contribution in [3.8, 4) is 0 Å². The summed E-state index contributed by atoms with van der Waals surface area (Å²) in [5.41, 5.74) is 0. The Morgan fingerprint density at radius 1 is 2.25 bits per heavy atom. The van der Waals surface area contributed by atoms with Crippen molar-refractivity contribution in [2.24, 2.45) is 0 Å². The van der Waals surface area contributed by atoms with Gasteiger partial charge in [0.05, 0.1) is 9.05 Å². The molecule has 0 aromatic carbocycles. The van der Waals surface area contributed by atoms with E-state index in [0.717, 1.165) is 0 Å². The van der Waals surface area contributed by atoms with E-state index in [-0.39, 0.29) is 6.05 Å². The Hall–Kier alpha value is -0.330. The van der Waals surface area contributed by atoms with Crippen LogP contribution in [0.5, 0.6) is 0 Å². The molecule has 0 radical (unpaired) electrons. The normalized spacial score (nSPS) is 21.5. The SMILES string of the molecule is [2H]/C(C)=C(\[2H])F. The van der Waals surface area contributed by atoms with Gasteiger partial charge >= 0.3 is 0 Å². The van der Waals surface area contributed by atoms with Crippen LogP contribution < -0.4 is 0 Å². The number of halogens is 1. The predicted octanol–water partition coefficient (Wildman–Crippen LogP) is 1.49. The second-order valence-electron chi connectivity index (χ2n) is 0.344. The van der Waals surface area contributed by atoms with Gasteiger partial charge in [0.1, 0.15) is 0 Å². The van der Waals surface area contributed by atoms with Crippen molar-refractivity contribution >= 4 is 0 Å². The molecule has 0 spiro atoms. The van der Waals surface area contributed by atoms with Gasteiger partial charge in [-0.15, -0.1) is 0 Å². The molecular weight excluding hydrogens is 55.0 g/mol. The summed E-state index contributed by atoms with van der Waals surface area (Å²) >= 11 is 0. The lowest BCUT2D eigenvalue weighted by molar-refractivity contribution is 0.719. The lowest BCUT2D eigenvalue weighted by Gasteiger charge is -1.45. The van der Waals surface area contributed by atoms with Gasteiger partial charge in [-0.2, -0.15) is 0 Å². The maximum Gasteiger partial charge on any atom is 0.0952 e. The first-order chi connectivity index (χ1) is 2.64. The van der Waals surface area contributed by atoms with Crippen molar-refractivity contribution in [2.75, 3.05) is 0 Å². The summed E-state index contributed by atoms with van der Waals surface area (Å²) in [6.07, 6.45) is -1.16. The van der Waals surface area contributed by atoms with Crippen LogP contribution >= 0.6 is 0 Å². The standard InChI is InChI=1S/C3H5F/c1-2-3-4/h2-3H,1H3/b3-2-/i2D,3D. The van der Waals surface area contributed by atoms with Crippen molar-refractivity contribution in [1.82, 2.24) is 0 Å². The zero-order valence-electron chi connectivity index (χ0n) is 4.38. The summed E-state index contributed by atoms with van der Waals surface area (Å²) in [4.78, 5) is 0. The van der Waals surface area contributed by atoms with Crippen molar-refractivity contribution in [3.63, 3.8) is 0 Å². The molecule has 1 heteroatoms. The lowest BCUT2D eigenvalue weighted by Crippen LogP contribution is -1.22. The van der Waals surface area contributed by atoms with Gasteiger partial charge in [-0.05, 0) is 6.92 Å². The maximum atomic E-state index is 11.2. The molecule has 0 nitrogen and oxygen atoms in total. The Balaban J connectivity index is 3.68. The van der Waals surface area contributed by atoms with Crippen LogP contribution in [0.15, 0.2) is 12.4 Å². The molecule has 0 fully saturated rings. The lowest BCUT2D eigenvalue weighted by atomic mass is 10.8. The van der Waals surface area contributed by atoms with Gasteiger partial charge in [0.25, 0.3) is 0 Å². The van der Waals surface area contributed by atoms with E-state index in [0.29, 0.717) is 0 Å². The highest BCUT2D eigenvalue weighted by Crippen LogP contribution is 1.62. The molecule has 0 aromatic rings. The molecule has 0 N–H and O–H groups in total. The topological polar surface area (TPSA) is 0 Å². The molecule has 0 bridgehead atoms. The molecule has 0 aliphatic carbocycles. The molecule has 24 valence electrons. The van der Waals surface area contributed by atoms with Gasteiger partial charge in [-0.25, -0.2) is 4.39 Å². The van der Waals surface area contributed by atoms with E-state index in [1.165, 1.54) is 6.92 Å². The van der Waals surface area contributed by atoms with Gasteiger partial charge in [-0.3, -0.25) is 0 Å². The zero-order valence-corrected chi connectivity index (χ0v) is 2.38. The van der Waals surface area contributed by atoms with E-state index in [4.69, 9.17) is 2.74 Å². The first kappa shape index (κ1) is 1.20. The average Bonchev–Trinajstić information content (AvgIpc) is 1.36. The Labute approximate surface area is 27.8 Å². The second-order valence-corrected chi connectivity index (χ2v) is 0.344. The Morgan fingerprint density at radius 2 is 2.50 bits per heavy atom. The smallest absolute Gasteiger partial charge is 0.0952 e. The summed E-state index contributed by atoms with van der Waals surface area (Å²) in [6.45, 7) is 1.22. The molecule has 0 saturated carbocycles. The summed E-state index contributed by atoms with van der Waals surface area (Å²) in [5.74, 6) is 0. The average molecular weight is 62.1 g/mol. The number of rotatable bonds is 0. The molecule has 0 rings (SSSR count). The van der Waals surface area contributed by atoms with E-state index >= 15 is 0 Å². The van der Waals surface area contributed by atoms with Crippen molar-refractivity contribution in [1.29, 1.82) is 0 Å². The van der Waals surface area contributed by atoms with E-state index in [9.17, 15) is 4.39 Å². The zero-order chi connectivity index (χ0) is 5.15. The summed E-state index contributed by atoms with van der Waals surface area (Å²) in [6, 6.07) is -0.324. The Kier molecular flexibility index (Phi) is 0.801. The molecule has 0 atom stereocenters. The Bertz CT molecular complexity index is 58.9. The molecule has 0 saturated heterocycles. The van der Waals surface area contributed by atoms with E-state index in [1.807, 2.05) is 0 Å². The molecule has 0 aromatic heterocycles. The number of allylic oxidation sites excluding steroid dienone is 1. The van der Waals surface area contributed by atoms with Gasteiger partial charge in [0.15, 0.2) is 0 Å². The van der Waals surface area contributed by atoms with Crippen molar-refractivity contribution < 1.29 is 7.13 Å². The van der Waals surface area contributed by atoms with Crippen LogP contribution in [-0.4, -0.2) is 0 Å². The molecule has 0 unspecified atom stereocenters. The van der Waals surface area contributed by atoms with Crippen LogP contribution in [0.25, 0.3) is 0 Å². The molecule has 0 heterocycles. The maximum absolute atomic E-state index is 11.2. The van der Waals surface area contributed by atoms with E-state index in [1.54, 1.807) is 0 Å². The van der Waals surface area contributed by atoms with Crippen molar-refractivity contribution in [2.45, 2.75) is 6.92 Å². The summed E-state index contributed by atoms with van der Waals surface area (Å²) in [5, 5.41) is 0. The minimum atomic E-state index is -1.16. The quantitative estimate of drug-likeness (QED) is 0.399. The van der Waals surface area contributed by atoms with E-state index < -0.39 is 6.31 Å². The third-order valence-corrected chi connectivity index (χ3v) is 0.0945. The highest BCUT2D eigenvalue weighted by molar-refractivity contribution is 4.61. The molecule has 0 aliphatic rings. The number of hydrogen-bond donors (Lipinski definition) is 0. The monoisotopic (exact) mass is 62.1 g/mol. The predicted molar refractivity (Wildman–Crippen MR) is 15.9 cm³/mol. The van der Waals surface area contributed by atoms with Crippen molar-refractivity contribution in [3.05, 3.63) is 12.4 Å². The summed E-state index contributed by atoms with van der Waals surface area (Å²) in [7, 11) is 0. The Morgan fingerprint density at radius 3 is 2.50 bits per heavy atom. The molecule has 4 heavy (non-hydrogen) atoms. The van der Waals surface area contributed by atoms with E-state index in [2.05, 4.69) is 0 Å². The van der Waals surface area contributed by atoms with Crippen LogP contribution in [0, 0.1) is 0 Å². The fourth-order valence-corrected chi connectivity index (χ4v) is 0. The second kappa shape index (κ2) is 2.67. The first-order valence-corrected chi connectivity index (χ1v) is 0.939. The molecule has 0 amide bonds. The largest absolute Gasteiger partial charge is 0.216 e. The van der Waals surface area contributed by atoms with Gasteiger partial charge < -0.3 is 0 Å². The van der Waals surface area contributed by atoms with Gasteiger partial charge in [-0.1, -0.05) is 6.05 Å². The molecular formula is C3H5F. The minimum absolute atomic E-state index is 0.324. The third-order valence-electron chi connectivity index (χ3n) is 0.0945. The highest BCUT2D eigenvalue weighted by Gasteiger charge is 1.38.